The molecule has 32 heavy (non-hydrogen) atoms. The molecule has 0 aliphatic heterocycles. The van der Waals surface area contributed by atoms with E-state index in [4.69, 9.17) is 11.6 Å². The first-order valence-electron chi connectivity index (χ1n) is 11.0. The first-order valence-corrected chi connectivity index (χ1v) is 12.4. The fourth-order valence-electron chi connectivity index (χ4n) is 3.99. The monoisotopic (exact) mass is 469 g/mol. The molecule has 0 fully saturated rings. The molecule has 2 heterocycles. The number of halogens is 1. The van der Waals surface area contributed by atoms with Crippen LogP contribution in [0.4, 0.5) is 0 Å². The second kappa shape index (κ2) is 10.5. The number of amides is 1. The number of aromatic nitrogens is 4. The van der Waals surface area contributed by atoms with Gasteiger partial charge < -0.3 is 5.32 Å². The van der Waals surface area contributed by atoms with Crippen molar-refractivity contribution in [3.8, 4) is 0 Å². The highest BCUT2D eigenvalue weighted by atomic mass is 35.5. The van der Waals surface area contributed by atoms with Crippen LogP contribution in [0.25, 0.3) is 5.78 Å². The van der Waals surface area contributed by atoms with Crippen molar-refractivity contribution >= 4 is 35.0 Å². The Bertz CT molecular complexity index is 1140. The van der Waals surface area contributed by atoms with Gasteiger partial charge in [-0.25, -0.2) is 9.50 Å². The fourth-order valence-corrected chi connectivity index (χ4v) is 4.76. The highest BCUT2D eigenvalue weighted by molar-refractivity contribution is 7.99. The molecule has 6 nitrogen and oxygen atoms in total. The van der Waals surface area contributed by atoms with Crippen LogP contribution in [0.15, 0.2) is 41.1 Å². The zero-order valence-corrected chi connectivity index (χ0v) is 20.1. The van der Waals surface area contributed by atoms with E-state index in [9.17, 15) is 4.79 Å². The summed E-state index contributed by atoms with van der Waals surface area (Å²) in [4.78, 5) is 21.4. The van der Waals surface area contributed by atoms with Crippen molar-refractivity contribution in [2.75, 3.05) is 12.3 Å². The second-order valence-corrected chi connectivity index (χ2v) is 9.55. The number of benzene rings is 1. The molecule has 0 spiro atoms. The van der Waals surface area contributed by atoms with Gasteiger partial charge in [0.1, 0.15) is 0 Å². The average Bonchev–Trinajstić information content (AvgIpc) is 3.20. The lowest BCUT2D eigenvalue weighted by atomic mass is 9.97. The SMILES string of the molecule is Cc1nc2nc(SCC(=O)NCCC3=CCCCC3)nn2c(C)c1Cc1ccc(Cl)cc1. The Kier molecular flexibility index (Phi) is 7.48. The third-order valence-electron chi connectivity index (χ3n) is 5.81. The van der Waals surface area contributed by atoms with Crippen LogP contribution < -0.4 is 5.32 Å². The van der Waals surface area contributed by atoms with Crippen LogP contribution >= 0.6 is 23.4 Å². The lowest BCUT2D eigenvalue weighted by Gasteiger charge is -2.12. The molecular formula is C24H28ClN5OS. The van der Waals surface area contributed by atoms with E-state index in [1.54, 1.807) is 4.52 Å². The van der Waals surface area contributed by atoms with Gasteiger partial charge in [0.2, 0.25) is 11.1 Å². The van der Waals surface area contributed by atoms with Gasteiger partial charge in [0.15, 0.2) is 0 Å². The lowest BCUT2D eigenvalue weighted by Crippen LogP contribution is -2.26. The molecule has 1 aromatic carbocycles. The number of hydrogen-bond acceptors (Lipinski definition) is 5. The molecule has 2 aromatic heterocycles. The van der Waals surface area contributed by atoms with Crippen molar-refractivity contribution in [1.29, 1.82) is 0 Å². The van der Waals surface area contributed by atoms with Crippen LogP contribution in [0.5, 0.6) is 0 Å². The first kappa shape index (κ1) is 22.8. The normalized spacial score (nSPS) is 13.9. The van der Waals surface area contributed by atoms with Crippen molar-refractivity contribution < 1.29 is 4.79 Å². The van der Waals surface area contributed by atoms with E-state index in [-0.39, 0.29) is 5.91 Å². The van der Waals surface area contributed by atoms with Crippen LogP contribution in [0.2, 0.25) is 5.02 Å². The molecule has 0 atom stereocenters. The number of allylic oxidation sites excluding steroid dienone is 1. The van der Waals surface area contributed by atoms with Crippen molar-refractivity contribution in [3.05, 3.63) is 63.5 Å². The number of carbonyl (C=O) groups is 1. The standard InChI is InChI=1S/C24H28ClN5OS/c1-16-21(14-19-8-10-20(25)11-9-19)17(2)30-23(27-16)28-24(29-30)32-15-22(31)26-13-12-18-6-4-3-5-7-18/h6,8-11H,3-5,7,12-15H2,1-2H3,(H,26,31). The van der Waals surface area contributed by atoms with Gasteiger partial charge in [-0.05, 0) is 69.2 Å². The molecule has 1 N–H and O–H groups in total. The van der Waals surface area contributed by atoms with E-state index in [0.29, 0.717) is 23.2 Å². The van der Waals surface area contributed by atoms with Gasteiger partial charge in [0.25, 0.3) is 5.78 Å². The van der Waals surface area contributed by atoms with Gasteiger partial charge in [-0.15, -0.1) is 5.10 Å². The van der Waals surface area contributed by atoms with Gasteiger partial charge in [-0.1, -0.05) is 47.1 Å². The van der Waals surface area contributed by atoms with Crippen molar-refractivity contribution in [1.82, 2.24) is 24.9 Å². The second-order valence-electron chi connectivity index (χ2n) is 8.17. The molecule has 168 valence electrons. The van der Waals surface area contributed by atoms with Gasteiger partial charge in [-0.2, -0.15) is 4.98 Å². The number of nitrogens with zero attached hydrogens (tertiary/aromatic N) is 4. The van der Waals surface area contributed by atoms with E-state index in [1.807, 2.05) is 38.1 Å². The molecule has 0 saturated carbocycles. The van der Waals surface area contributed by atoms with Crippen molar-refractivity contribution in [2.45, 2.75) is 57.5 Å². The van der Waals surface area contributed by atoms with Gasteiger partial charge in [0, 0.05) is 29.4 Å². The number of carbonyl (C=O) groups excluding carboxylic acids is 1. The zero-order valence-electron chi connectivity index (χ0n) is 18.5. The summed E-state index contributed by atoms with van der Waals surface area (Å²) in [7, 11) is 0. The van der Waals surface area contributed by atoms with Gasteiger partial charge >= 0.3 is 0 Å². The number of rotatable bonds is 8. The number of thioether (sulfide) groups is 1. The van der Waals surface area contributed by atoms with Crippen LogP contribution in [0.1, 0.15) is 54.6 Å². The molecule has 0 bridgehead atoms. The minimum absolute atomic E-state index is 0.00885. The Labute approximate surface area is 197 Å². The lowest BCUT2D eigenvalue weighted by molar-refractivity contribution is -0.118. The molecule has 0 saturated heterocycles. The predicted molar refractivity (Wildman–Crippen MR) is 129 cm³/mol. The molecule has 8 heteroatoms. The molecule has 3 aromatic rings. The van der Waals surface area contributed by atoms with Crippen LogP contribution in [0.3, 0.4) is 0 Å². The maximum absolute atomic E-state index is 12.2. The smallest absolute Gasteiger partial charge is 0.253 e. The largest absolute Gasteiger partial charge is 0.355 e. The predicted octanol–water partition coefficient (Wildman–Crippen LogP) is 5.08. The molecule has 4 rings (SSSR count). The fraction of sp³-hybridized carbons (Fsp3) is 0.417. The van der Waals surface area contributed by atoms with Gasteiger partial charge in [0.05, 0.1) is 5.75 Å². The van der Waals surface area contributed by atoms with Crippen LogP contribution in [-0.4, -0.2) is 37.8 Å². The molecule has 1 aliphatic rings. The Morgan fingerprint density at radius 1 is 1.19 bits per heavy atom. The third-order valence-corrected chi connectivity index (χ3v) is 6.90. The summed E-state index contributed by atoms with van der Waals surface area (Å²) in [5.74, 6) is 0.868. The topological polar surface area (TPSA) is 72.2 Å². The molecule has 1 aliphatic carbocycles. The molecule has 0 radical (unpaired) electrons. The summed E-state index contributed by atoms with van der Waals surface area (Å²) in [5, 5.41) is 8.89. The zero-order chi connectivity index (χ0) is 22.5. The molecular weight excluding hydrogens is 442 g/mol. The Morgan fingerprint density at radius 2 is 2.00 bits per heavy atom. The van der Waals surface area contributed by atoms with Gasteiger partial charge in [-0.3, -0.25) is 4.79 Å². The summed E-state index contributed by atoms with van der Waals surface area (Å²) in [6, 6.07) is 7.85. The number of hydrogen-bond donors (Lipinski definition) is 1. The summed E-state index contributed by atoms with van der Waals surface area (Å²) in [6.07, 6.45) is 8.91. The molecule has 0 unspecified atom stereocenters. The minimum Gasteiger partial charge on any atom is -0.355 e. The molecule has 1 amide bonds. The summed E-state index contributed by atoms with van der Waals surface area (Å²) in [5.41, 5.74) is 5.70. The Balaban J connectivity index is 1.37. The van der Waals surface area contributed by atoms with E-state index in [0.717, 1.165) is 40.4 Å². The first-order chi connectivity index (χ1) is 15.5. The Hall–Kier alpha value is -2.38. The number of nitrogens with one attached hydrogen (secondary N) is 1. The maximum Gasteiger partial charge on any atom is 0.253 e. The van der Waals surface area contributed by atoms with Crippen molar-refractivity contribution in [2.24, 2.45) is 0 Å². The quantitative estimate of drug-likeness (QED) is 0.367. The Morgan fingerprint density at radius 3 is 2.75 bits per heavy atom. The van der Waals surface area contributed by atoms with Crippen LogP contribution in [0, 0.1) is 13.8 Å². The van der Waals surface area contributed by atoms with Crippen molar-refractivity contribution in [3.63, 3.8) is 0 Å². The van der Waals surface area contributed by atoms with E-state index >= 15 is 0 Å². The average molecular weight is 470 g/mol. The number of fused-ring (bicyclic) bond motifs is 1. The maximum atomic E-state index is 12.2. The van der Waals surface area contributed by atoms with E-state index in [2.05, 4.69) is 26.5 Å². The minimum atomic E-state index is 0.00885. The number of aryl methyl sites for hydroxylation is 2. The summed E-state index contributed by atoms with van der Waals surface area (Å²) in [6.45, 7) is 4.72. The van der Waals surface area contributed by atoms with E-state index < -0.39 is 0 Å². The highest BCUT2D eigenvalue weighted by Gasteiger charge is 2.15. The van der Waals surface area contributed by atoms with E-state index in [1.165, 1.54) is 43.0 Å². The highest BCUT2D eigenvalue weighted by Crippen LogP contribution is 2.22. The summed E-state index contributed by atoms with van der Waals surface area (Å²) >= 11 is 7.35. The van der Waals surface area contributed by atoms with Crippen LogP contribution in [-0.2, 0) is 11.2 Å². The summed E-state index contributed by atoms with van der Waals surface area (Å²) < 4.78 is 1.77. The third kappa shape index (κ3) is 5.70.